The van der Waals surface area contributed by atoms with Gasteiger partial charge in [-0.15, -0.1) is 0 Å². The Morgan fingerprint density at radius 1 is 1.10 bits per heavy atom. The first-order valence-corrected chi connectivity index (χ1v) is 7.40. The second kappa shape index (κ2) is 4.10. The molecular formula is C18H19N3. The van der Waals surface area contributed by atoms with Crippen LogP contribution < -0.4 is 5.73 Å². The summed E-state index contributed by atoms with van der Waals surface area (Å²) < 4.78 is 2.27. The van der Waals surface area contributed by atoms with E-state index in [1.165, 1.54) is 22.5 Å². The highest BCUT2D eigenvalue weighted by Crippen LogP contribution is 2.53. The number of para-hydroxylation sites is 1. The zero-order chi connectivity index (χ0) is 14.6. The summed E-state index contributed by atoms with van der Waals surface area (Å²) in [6.07, 6.45) is 2.32. The van der Waals surface area contributed by atoms with E-state index in [0.717, 1.165) is 24.0 Å². The van der Waals surface area contributed by atoms with Gasteiger partial charge in [-0.2, -0.15) is 0 Å². The van der Waals surface area contributed by atoms with E-state index in [2.05, 4.69) is 48.9 Å². The normalized spacial score (nSPS) is 16.3. The fraction of sp³-hybridized carbons (Fsp3) is 0.278. The summed E-state index contributed by atoms with van der Waals surface area (Å²) in [4.78, 5) is 4.94. The number of benzene rings is 2. The molecule has 0 bridgehead atoms. The molecule has 0 unspecified atom stereocenters. The third kappa shape index (κ3) is 1.70. The average molecular weight is 277 g/mol. The van der Waals surface area contributed by atoms with Crippen molar-refractivity contribution >= 4 is 16.7 Å². The Morgan fingerprint density at radius 2 is 1.81 bits per heavy atom. The van der Waals surface area contributed by atoms with Crippen LogP contribution in [0.15, 0.2) is 42.5 Å². The zero-order valence-electron chi connectivity index (χ0n) is 12.4. The number of anilines is 1. The monoisotopic (exact) mass is 277 g/mol. The van der Waals surface area contributed by atoms with Crippen LogP contribution in [0.3, 0.4) is 0 Å². The molecule has 0 radical (unpaired) electrons. The fourth-order valence-corrected chi connectivity index (χ4v) is 3.46. The zero-order valence-corrected chi connectivity index (χ0v) is 12.4. The van der Waals surface area contributed by atoms with Crippen molar-refractivity contribution in [2.45, 2.75) is 25.2 Å². The van der Waals surface area contributed by atoms with Crippen LogP contribution in [0.2, 0.25) is 0 Å². The summed E-state index contributed by atoms with van der Waals surface area (Å²) in [5, 5.41) is 0. The van der Waals surface area contributed by atoms with Gasteiger partial charge in [0.1, 0.15) is 5.82 Å². The van der Waals surface area contributed by atoms with Crippen molar-refractivity contribution in [3.63, 3.8) is 0 Å². The van der Waals surface area contributed by atoms with Crippen LogP contribution in [0, 0.1) is 6.92 Å². The summed E-state index contributed by atoms with van der Waals surface area (Å²) in [7, 11) is 2.13. The molecule has 21 heavy (non-hydrogen) atoms. The van der Waals surface area contributed by atoms with E-state index in [9.17, 15) is 0 Å². The number of nitrogen functional groups attached to an aromatic ring is 1. The average Bonchev–Trinajstić information content (AvgIpc) is 3.20. The van der Waals surface area contributed by atoms with Crippen molar-refractivity contribution in [3.05, 3.63) is 59.4 Å². The van der Waals surface area contributed by atoms with Crippen LogP contribution in [-0.2, 0) is 12.5 Å². The maximum absolute atomic E-state index is 5.82. The maximum atomic E-state index is 5.82. The largest absolute Gasteiger partial charge is 0.399 e. The Hall–Kier alpha value is -2.29. The minimum Gasteiger partial charge on any atom is -0.399 e. The number of rotatable bonds is 2. The Bertz CT molecular complexity index is 824. The van der Waals surface area contributed by atoms with Gasteiger partial charge in [-0.3, -0.25) is 0 Å². The van der Waals surface area contributed by atoms with Gasteiger partial charge in [0.2, 0.25) is 0 Å². The quantitative estimate of drug-likeness (QED) is 0.728. The fourth-order valence-electron chi connectivity index (χ4n) is 3.46. The number of fused-ring (bicyclic) bond motifs is 1. The van der Waals surface area contributed by atoms with Gasteiger partial charge in [-0.25, -0.2) is 4.98 Å². The van der Waals surface area contributed by atoms with E-state index < -0.39 is 0 Å². The molecule has 2 aromatic carbocycles. The molecule has 4 rings (SSSR count). The molecule has 3 aromatic rings. The van der Waals surface area contributed by atoms with Gasteiger partial charge < -0.3 is 10.3 Å². The highest BCUT2D eigenvalue weighted by molar-refractivity contribution is 5.80. The van der Waals surface area contributed by atoms with Crippen LogP contribution in [0.1, 0.15) is 29.8 Å². The van der Waals surface area contributed by atoms with E-state index in [1.807, 2.05) is 12.1 Å². The van der Waals surface area contributed by atoms with E-state index in [1.54, 1.807) is 0 Å². The molecule has 0 atom stereocenters. The maximum Gasteiger partial charge on any atom is 0.120 e. The molecule has 1 aliphatic carbocycles. The molecule has 1 aliphatic rings. The van der Waals surface area contributed by atoms with Gasteiger partial charge in [-0.05, 0) is 49.1 Å². The van der Waals surface area contributed by atoms with Crippen LogP contribution in [-0.4, -0.2) is 9.55 Å². The van der Waals surface area contributed by atoms with Gasteiger partial charge in [0.15, 0.2) is 0 Å². The second-order valence-corrected chi connectivity index (χ2v) is 6.14. The Morgan fingerprint density at radius 3 is 2.43 bits per heavy atom. The highest BCUT2D eigenvalue weighted by Gasteiger charge is 2.49. The first kappa shape index (κ1) is 12.5. The standard InChI is InChI=1S/C18H19N3/c1-12-4-3-5-15-16(12)21(2)17(20-15)18(10-11-18)13-6-8-14(19)9-7-13/h3-9H,10-11,19H2,1-2H3. The predicted octanol–water partition coefficient (Wildman–Crippen LogP) is 3.54. The lowest BCUT2D eigenvalue weighted by atomic mass is 9.95. The Balaban J connectivity index is 1.92. The van der Waals surface area contributed by atoms with Crippen LogP contribution in [0.25, 0.3) is 11.0 Å². The van der Waals surface area contributed by atoms with Crippen molar-refractivity contribution in [1.82, 2.24) is 9.55 Å². The first-order valence-electron chi connectivity index (χ1n) is 7.40. The molecule has 1 heterocycles. The number of aryl methyl sites for hydroxylation is 2. The smallest absolute Gasteiger partial charge is 0.120 e. The van der Waals surface area contributed by atoms with E-state index in [4.69, 9.17) is 10.7 Å². The lowest BCUT2D eigenvalue weighted by Gasteiger charge is -2.16. The van der Waals surface area contributed by atoms with Crippen molar-refractivity contribution < 1.29 is 0 Å². The Kier molecular flexibility index (Phi) is 2.43. The molecular weight excluding hydrogens is 258 g/mol. The van der Waals surface area contributed by atoms with Gasteiger partial charge in [0.05, 0.1) is 16.4 Å². The van der Waals surface area contributed by atoms with Gasteiger partial charge in [0.25, 0.3) is 0 Å². The molecule has 106 valence electrons. The number of hydrogen-bond acceptors (Lipinski definition) is 2. The van der Waals surface area contributed by atoms with E-state index in [0.29, 0.717) is 0 Å². The van der Waals surface area contributed by atoms with Crippen LogP contribution in [0.4, 0.5) is 5.69 Å². The molecule has 0 amide bonds. The summed E-state index contributed by atoms with van der Waals surface area (Å²) in [6.45, 7) is 2.15. The van der Waals surface area contributed by atoms with Gasteiger partial charge in [-0.1, -0.05) is 24.3 Å². The SMILES string of the molecule is Cc1cccc2nc(C3(c4ccc(N)cc4)CC3)n(C)c12. The number of imidazole rings is 1. The topological polar surface area (TPSA) is 43.8 Å². The lowest BCUT2D eigenvalue weighted by molar-refractivity contribution is 0.705. The predicted molar refractivity (Wildman–Crippen MR) is 86.3 cm³/mol. The minimum absolute atomic E-state index is 0.0773. The third-order valence-electron chi connectivity index (χ3n) is 4.74. The summed E-state index contributed by atoms with van der Waals surface area (Å²) >= 11 is 0. The first-order chi connectivity index (χ1) is 10.1. The summed E-state index contributed by atoms with van der Waals surface area (Å²) in [5.41, 5.74) is 11.7. The number of hydrogen-bond donors (Lipinski definition) is 1. The number of nitrogens with two attached hydrogens (primary N) is 1. The molecule has 1 saturated carbocycles. The molecule has 2 N–H and O–H groups in total. The second-order valence-electron chi connectivity index (χ2n) is 6.14. The third-order valence-corrected chi connectivity index (χ3v) is 4.74. The highest BCUT2D eigenvalue weighted by atomic mass is 15.1. The molecule has 0 spiro atoms. The molecule has 0 saturated heterocycles. The molecule has 1 fully saturated rings. The van der Waals surface area contributed by atoms with Crippen LogP contribution in [0.5, 0.6) is 0 Å². The van der Waals surface area contributed by atoms with E-state index in [-0.39, 0.29) is 5.41 Å². The lowest BCUT2D eigenvalue weighted by Crippen LogP contribution is -2.15. The Labute approximate surface area is 124 Å². The van der Waals surface area contributed by atoms with Crippen molar-refractivity contribution in [1.29, 1.82) is 0 Å². The van der Waals surface area contributed by atoms with Crippen molar-refractivity contribution in [2.75, 3.05) is 5.73 Å². The van der Waals surface area contributed by atoms with Crippen molar-refractivity contribution in [2.24, 2.45) is 7.05 Å². The number of aromatic nitrogens is 2. The van der Waals surface area contributed by atoms with E-state index >= 15 is 0 Å². The van der Waals surface area contributed by atoms with Crippen molar-refractivity contribution in [3.8, 4) is 0 Å². The molecule has 3 nitrogen and oxygen atoms in total. The minimum atomic E-state index is 0.0773. The molecule has 1 aromatic heterocycles. The van der Waals surface area contributed by atoms with Gasteiger partial charge >= 0.3 is 0 Å². The summed E-state index contributed by atoms with van der Waals surface area (Å²) in [5.74, 6) is 1.18. The number of nitrogens with zero attached hydrogens (tertiary/aromatic N) is 2. The van der Waals surface area contributed by atoms with Crippen LogP contribution >= 0.6 is 0 Å². The molecule has 3 heteroatoms. The van der Waals surface area contributed by atoms with Gasteiger partial charge in [0, 0.05) is 12.7 Å². The molecule has 0 aliphatic heterocycles. The summed E-state index contributed by atoms with van der Waals surface area (Å²) in [6, 6.07) is 14.6.